The number of esters is 1. The standard InChI is InChI=1S/C19H19NO6/c1-11(21)13-5-4-6-14(9-13)20-18(23)12(2)26-19(24)16-10-15(25-3)7-8-17(16)22/h4-10,12,22H,1-3H3,(H,20,23). The minimum Gasteiger partial charge on any atom is -0.507 e. The van der Waals surface area contributed by atoms with E-state index in [0.29, 0.717) is 17.0 Å². The highest BCUT2D eigenvalue weighted by molar-refractivity contribution is 6.00. The van der Waals surface area contributed by atoms with E-state index in [0.717, 1.165) is 0 Å². The molecule has 7 nitrogen and oxygen atoms in total. The molecule has 7 heteroatoms. The minimum absolute atomic E-state index is 0.109. The molecule has 0 radical (unpaired) electrons. The molecule has 0 spiro atoms. The summed E-state index contributed by atoms with van der Waals surface area (Å²) in [6.07, 6.45) is -1.12. The fourth-order valence-corrected chi connectivity index (χ4v) is 2.14. The second-order valence-electron chi connectivity index (χ2n) is 5.56. The number of phenolic OH excluding ortho intramolecular Hbond substituents is 1. The van der Waals surface area contributed by atoms with Gasteiger partial charge in [0.05, 0.1) is 7.11 Å². The van der Waals surface area contributed by atoms with Crippen molar-refractivity contribution in [1.82, 2.24) is 0 Å². The number of methoxy groups -OCH3 is 1. The van der Waals surface area contributed by atoms with Gasteiger partial charge in [-0.2, -0.15) is 0 Å². The third kappa shape index (κ3) is 4.60. The molecule has 0 aliphatic rings. The number of rotatable bonds is 6. The largest absolute Gasteiger partial charge is 0.507 e. The molecule has 1 amide bonds. The number of amides is 1. The summed E-state index contributed by atoms with van der Waals surface area (Å²) in [4.78, 5) is 35.8. The van der Waals surface area contributed by atoms with Gasteiger partial charge in [-0.15, -0.1) is 0 Å². The van der Waals surface area contributed by atoms with Gasteiger partial charge in [-0.3, -0.25) is 9.59 Å². The molecule has 2 rings (SSSR count). The summed E-state index contributed by atoms with van der Waals surface area (Å²) in [5, 5.41) is 12.4. The quantitative estimate of drug-likeness (QED) is 0.609. The number of hydrogen-bond acceptors (Lipinski definition) is 6. The first kappa shape index (κ1) is 19.0. The fraction of sp³-hybridized carbons (Fsp3) is 0.211. The fourth-order valence-electron chi connectivity index (χ4n) is 2.14. The summed E-state index contributed by atoms with van der Waals surface area (Å²) in [6.45, 7) is 2.82. The van der Waals surface area contributed by atoms with Gasteiger partial charge in [0.25, 0.3) is 5.91 Å². The Labute approximate surface area is 150 Å². The third-order valence-electron chi connectivity index (χ3n) is 3.61. The van der Waals surface area contributed by atoms with E-state index >= 15 is 0 Å². The summed E-state index contributed by atoms with van der Waals surface area (Å²) in [7, 11) is 1.42. The molecule has 2 N–H and O–H groups in total. The Morgan fingerprint density at radius 2 is 1.85 bits per heavy atom. The van der Waals surface area contributed by atoms with Gasteiger partial charge in [-0.05, 0) is 44.2 Å². The molecule has 136 valence electrons. The van der Waals surface area contributed by atoms with Crippen LogP contribution < -0.4 is 10.1 Å². The molecule has 0 saturated carbocycles. The van der Waals surface area contributed by atoms with Crippen molar-refractivity contribution in [3.05, 3.63) is 53.6 Å². The number of anilines is 1. The first-order chi connectivity index (χ1) is 12.3. The molecule has 2 aromatic rings. The second-order valence-corrected chi connectivity index (χ2v) is 5.56. The SMILES string of the molecule is COc1ccc(O)c(C(=O)OC(C)C(=O)Nc2cccc(C(C)=O)c2)c1. The third-order valence-corrected chi connectivity index (χ3v) is 3.61. The number of carbonyl (C=O) groups excluding carboxylic acids is 3. The van der Waals surface area contributed by atoms with Crippen molar-refractivity contribution in [2.75, 3.05) is 12.4 Å². The number of carbonyl (C=O) groups is 3. The zero-order valence-corrected chi connectivity index (χ0v) is 14.6. The molecule has 0 saturated heterocycles. The molecule has 0 aromatic heterocycles. The Hall–Kier alpha value is -3.35. The van der Waals surface area contributed by atoms with Gasteiger partial charge in [0.2, 0.25) is 0 Å². The van der Waals surface area contributed by atoms with Gasteiger partial charge in [0, 0.05) is 11.3 Å². The molecule has 1 unspecified atom stereocenters. The van der Waals surface area contributed by atoms with E-state index in [9.17, 15) is 19.5 Å². The average molecular weight is 357 g/mol. The number of benzene rings is 2. The van der Waals surface area contributed by atoms with Crippen LogP contribution in [0.15, 0.2) is 42.5 Å². The van der Waals surface area contributed by atoms with E-state index in [4.69, 9.17) is 9.47 Å². The first-order valence-electron chi connectivity index (χ1n) is 7.81. The van der Waals surface area contributed by atoms with Crippen molar-refractivity contribution in [3.8, 4) is 11.5 Å². The predicted molar refractivity (Wildman–Crippen MR) is 94.6 cm³/mol. The van der Waals surface area contributed by atoms with Gasteiger partial charge in [-0.25, -0.2) is 4.79 Å². The molecule has 0 aliphatic carbocycles. The smallest absolute Gasteiger partial charge is 0.342 e. The molecule has 0 aliphatic heterocycles. The van der Waals surface area contributed by atoms with Gasteiger partial charge in [0.1, 0.15) is 17.1 Å². The number of Topliss-reactive ketones (excluding diaryl/α,β-unsaturated/α-hetero) is 1. The highest BCUT2D eigenvalue weighted by Gasteiger charge is 2.21. The number of ketones is 1. The zero-order chi connectivity index (χ0) is 19.3. The van der Waals surface area contributed by atoms with E-state index < -0.39 is 18.0 Å². The molecule has 2 aromatic carbocycles. The van der Waals surface area contributed by atoms with Gasteiger partial charge >= 0.3 is 5.97 Å². The average Bonchev–Trinajstić information content (AvgIpc) is 2.62. The topological polar surface area (TPSA) is 102 Å². The Morgan fingerprint density at radius 3 is 2.50 bits per heavy atom. The summed E-state index contributed by atoms with van der Waals surface area (Å²) in [5.41, 5.74) is 0.756. The number of aromatic hydroxyl groups is 1. The van der Waals surface area contributed by atoms with Crippen molar-refractivity contribution in [2.24, 2.45) is 0 Å². The zero-order valence-electron chi connectivity index (χ0n) is 14.6. The summed E-state index contributed by atoms with van der Waals surface area (Å²) in [5.74, 6) is -1.47. The maximum atomic E-state index is 12.2. The van der Waals surface area contributed by atoms with Crippen LogP contribution in [0.1, 0.15) is 34.6 Å². The van der Waals surface area contributed by atoms with Crippen molar-refractivity contribution in [3.63, 3.8) is 0 Å². The molecular formula is C19H19NO6. The van der Waals surface area contributed by atoms with E-state index in [-0.39, 0.29) is 17.1 Å². The maximum absolute atomic E-state index is 12.2. The lowest BCUT2D eigenvalue weighted by Gasteiger charge is -2.14. The monoisotopic (exact) mass is 357 g/mol. The van der Waals surface area contributed by atoms with E-state index in [1.54, 1.807) is 18.2 Å². The second kappa shape index (κ2) is 8.15. The van der Waals surface area contributed by atoms with Crippen LogP contribution in [0.5, 0.6) is 11.5 Å². The molecule has 0 heterocycles. The Balaban J connectivity index is 2.06. The maximum Gasteiger partial charge on any atom is 0.342 e. The lowest BCUT2D eigenvalue weighted by molar-refractivity contribution is -0.123. The Kier molecular flexibility index (Phi) is 5.95. The molecule has 0 bridgehead atoms. The predicted octanol–water partition coefficient (Wildman–Crippen LogP) is 2.79. The van der Waals surface area contributed by atoms with Gasteiger partial charge in [-0.1, -0.05) is 12.1 Å². The van der Waals surface area contributed by atoms with Crippen LogP contribution in [0.3, 0.4) is 0 Å². The number of phenols is 1. The number of nitrogens with one attached hydrogen (secondary N) is 1. The van der Waals surface area contributed by atoms with Gasteiger partial charge in [0.15, 0.2) is 11.9 Å². The van der Waals surface area contributed by atoms with Crippen LogP contribution in [0.2, 0.25) is 0 Å². The Bertz CT molecular complexity index is 846. The summed E-state index contributed by atoms with van der Waals surface area (Å²) >= 11 is 0. The lowest BCUT2D eigenvalue weighted by atomic mass is 10.1. The van der Waals surface area contributed by atoms with Crippen LogP contribution in [-0.2, 0) is 9.53 Å². The van der Waals surface area contributed by atoms with E-state index in [2.05, 4.69) is 5.32 Å². The van der Waals surface area contributed by atoms with E-state index in [1.165, 1.54) is 45.2 Å². The van der Waals surface area contributed by atoms with Crippen molar-refractivity contribution < 1.29 is 29.0 Å². The van der Waals surface area contributed by atoms with Crippen molar-refractivity contribution in [1.29, 1.82) is 0 Å². The van der Waals surface area contributed by atoms with Crippen LogP contribution in [0.4, 0.5) is 5.69 Å². The van der Waals surface area contributed by atoms with E-state index in [1.807, 2.05) is 0 Å². The highest BCUT2D eigenvalue weighted by atomic mass is 16.5. The molecule has 0 fully saturated rings. The van der Waals surface area contributed by atoms with Crippen molar-refractivity contribution >= 4 is 23.3 Å². The van der Waals surface area contributed by atoms with Crippen LogP contribution in [0, 0.1) is 0 Å². The number of hydrogen-bond donors (Lipinski definition) is 2. The van der Waals surface area contributed by atoms with Gasteiger partial charge < -0.3 is 19.9 Å². The molecule has 26 heavy (non-hydrogen) atoms. The summed E-state index contributed by atoms with van der Waals surface area (Å²) in [6, 6.07) is 10.5. The molecule has 1 atom stereocenters. The summed E-state index contributed by atoms with van der Waals surface area (Å²) < 4.78 is 10.1. The highest BCUT2D eigenvalue weighted by Crippen LogP contribution is 2.24. The normalized spacial score (nSPS) is 11.3. The van der Waals surface area contributed by atoms with Crippen LogP contribution >= 0.6 is 0 Å². The first-order valence-corrected chi connectivity index (χ1v) is 7.81. The Morgan fingerprint density at radius 1 is 1.12 bits per heavy atom. The van der Waals surface area contributed by atoms with Crippen LogP contribution in [-0.4, -0.2) is 36.0 Å². The lowest BCUT2D eigenvalue weighted by Crippen LogP contribution is -2.30. The van der Waals surface area contributed by atoms with Crippen molar-refractivity contribution in [2.45, 2.75) is 20.0 Å². The minimum atomic E-state index is -1.12. The molecular weight excluding hydrogens is 338 g/mol. The van der Waals surface area contributed by atoms with Crippen LogP contribution in [0.25, 0.3) is 0 Å². The number of ether oxygens (including phenoxy) is 2.